The monoisotopic (exact) mass is 234 g/mol. The average molecular weight is 234 g/mol. The Labute approximate surface area is 104 Å². The van der Waals surface area contributed by atoms with E-state index in [1.54, 1.807) is 6.92 Å². The minimum absolute atomic E-state index is 0.450. The number of aliphatic hydroxyl groups is 1. The van der Waals surface area contributed by atoms with Gasteiger partial charge in [-0.3, -0.25) is 0 Å². The van der Waals surface area contributed by atoms with Crippen molar-refractivity contribution in [1.29, 1.82) is 0 Å². The van der Waals surface area contributed by atoms with E-state index in [4.69, 9.17) is 0 Å². The van der Waals surface area contributed by atoms with E-state index in [0.717, 1.165) is 6.42 Å². The van der Waals surface area contributed by atoms with E-state index < -0.39 is 0 Å². The topological polar surface area (TPSA) is 23.2 Å². The third kappa shape index (κ3) is 2.80. The smallest absolute Gasteiger partial charge is 0.149 e. The van der Waals surface area contributed by atoms with E-state index in [1.807, 2.05) is 6.08 Å². The van der Waals surface area contributed by atoms with Gasteiger partial charge >= 0.3 is 0 Å². The first kappa shape index (κ1) is 12.4. The molecule has 0 saturated carbocycles. The van der Waals surface area contributed by atoms with E-state index in [0.29, 0.717) is 23.6 Å². The summed E-state index contributed by atoms with van der Waals surface area (Å²) in [5.41, 5.74) is 1.45. The number of allylic oxidation sites excluding steroid dienone is 4. The Balaban J connectivity index is 2.17. The normalized spacial score (nSPS) is 36.6. The molecule has 1 N–H and O–H groups in total. The molecule has 3 atom stereocenters. The fourth-order valence-corrected chi connectivity index (χ4v) is 3.04. The number of hydrogen-bond donors (Lipinski definition) is 1. The van der Waals surface area contributed by atoms with E-state index in [2.05, 4.69) is 30.7 Å². The molecular weight excluding hydrogens is 210 g/mol. The summed E-state index contributed by atoms with van der Waals surface area (Å²) in [6, 6.07) is 0.684. The fraction of sp³-hybridized carbons (Fsp3) is 0.667. The van der Waals surface area contributed by atoms with Gasteiger partial charge in [-0.15, -0.1) is 0 Å². The summed E-state index contributed by atoms with van der Waals surface area (Å²) in [5.74, 6) is 1.39. The molecule has 0 spiro atoms. The molecule has 17 heavy (non-hydrogen) atoms. The van der Waals surface area contributed by atoms with Crippen molar-refractivity contribution in [3.8, 4) is 0 Å². The van der Waals surface area contributed by atoms with Gasteiger partial charge in [0.1, 0.15) is 18.8 Å². The largest absolute Gasteiger partial charge is 0.513 e. The van der Waals surface area contributed by atoms with Gasteiger partial charge < -0.3 is 5.11 Å². The highest BCUT2D eigenvalue weighted by Gasteiger charge is 2.30. The Morgan fingerprint density at radius 1 is 1.53 bits per heavy atom. The first-order valence-corrected chi connectivity index (χ1v) is 6.72. The van der Waals surface area contributed by atoms with Crippen molar-refractivity contribution in [2.24, 2.45) is 11.8 Å². The third-order valence-electron chi connectivity index (χ3n) is 4.11. The molecule has 0 aromatic rings. The van der Waals surface area contributed by atoms with Crippen LogP contribution in [0.5, 0.6) is 0 Å². The van der Waals surface area contributed by atoms with E-state index in [1.165, 1.54) is 25.0 Å². The first-order chi connectivity index (χ1) is 8.08. The maximum Gasteiger partial charge on any atom is 0.149 e. The standard InChI is InChI=1S/C15H23NO/c1-11-6-7-14(9-13(3)17)15(11)10-16-8-4-5-12(16)2/h6,9-10,12,14-15H,4-5,7-8H2,1-3H3/p+1/b13-9+,16-10?/t12-,14-,15-/m1/s1. The molecule has 0 aromatic heterocycles. The van der Waals surface area contributed by atoms with Crippen molar-refractivity contribution in [1.82, 2.24) is 0 Å². The molecule has 0 aromatic carbocycles. The fourth-order valence-electron chi connectivity index (χ4n) is 3.04. The van der Waals surface area contributed by atoms with Crippen molar-refractivity contribution in [2.75, 3.05) is 6.54 Å². The van der Waals surface area contributed by atoms with Crippen LogP contribution >= 0.6 is 0 Å². The van der Waals surface area contributed by atoms with E-state index in [9.17, 15) is 5.11 Å². The molecule has 94 valence electrons. The Bertz CT molecular complexity index is 374. The lowest BCUT2D eigenvalue weighted by Gasteiger charge is -2.14. The van der Waals surface area contributed by atoms with Gasteiger partial charge in [-0.25, -0.2) is 4.58 Å². The van der Waals surface area contributed by atoms with Gasteiger partial charge in [0.2, 0.25) is 0 Å². The van der Waals surface area contributed by atoms with Gasteiger partial charge in [-0.05, 0) is 39.2 Å². The number of aliphatic hydroxyl groups excluding tert-OH is 1. The van der Waals surface area contributed by atoms with Crippen LogP contribution in [0.4, 0.5) is 0 Å². The second-order valence-corrected chi connectivity index (χ2v) is 5.56. The van der Waals surface area contributed by atoms with Crippen LogP contribution in [-0.4, -0.2) is 28.5 Å². The van der Waals surface area contributed by atoms with Crippen molar-refractivity contribution >= 4 is 6.21 Å². The summed E-state index contributed by atoms with van der Waals surface area (Å²) < 4.78 is 2.49. The van der Waals surface area contributed by atoms with Gasteiger partial charge in [-0.1, -0.05) is 11.6 Å². The molecule has 1 aliphatic heterocycles. The summed E-state index contributed by atoms with van der Waals surface area (Å²) in [4.78, 5) is 0. The average Bonchev–Trinajstić information content (AvgIpc) is 2.79. The zero-order chi connectivity index (χ0) is 12.4. The van der Waals surface area contributed by atoms with Crippen LogP contribution in [0, 0.1) is 11.8 Å². The maximum atomic E-state index is 9.44. The predicted molar refractivity (Wildman–Crippen MR) is 71.6 cm³/mol. The third-order valence-corrected chi connectivity index (χ3v) is 4.11. The molecule has 0 radical (unpaired) electrons. The predicted octanol–water partition coefficient (Wildman–Crippen LogP) is 3.30. The Kier molecular flexibility index (Phi) is 3.70. The highest BCUT2D eigenvalue weighted by atomic mass is 16.3. The van der Waals surface area contributed by atoms with Gasteiger partial charge in [0.05, 0.1) is 11.7 Å². The maximum absolute atomic E-state index is 9.44. The first-order valence-electron chi connectivity index (χ1n) is 6.72. The molecule has 0 amide bonds. The molecule has 2 nitrogen and oxygen atoms in total. The number of rotatable bonds is 2. The Morgan fingerprint density at radius 3 is 2.88 bits per heavy atom. The second-order valence-electron chi connectivity index (χ2n) is 5.56. The molecule has 1 heterocycles. The van der Waals surface area contributed by atoms with Crippen molar-refractivity contribution in [3.05, 3.63) is 23.5 Å². The second kappa shape index (κ2) is 5.07. The molecule has 0 bridgehead atoms. The quantitative estimate of drug-likeness (QED) is 0.442. The highest BCUT2D eigenvalue weighted by Crippen LogP contribution is 2.32. The minimum atomic E-state index is 0.450. The lowest BCUT2D eigenvalue weighted by molar-refractivity contribution is -0.537. The van der Waals surface area contributed by atoms with E-state index in [-0.39, 0.29) is 0 Å². The molecule has 2 heteroatoms. The Morgan fingerprint density at radius 2 is 2.29 bits per heavy atom. The molecular formula is C15H24NO+. The van der Waals surface area contributed by atoms with Crippen LogP contribution in [-0.2, 0) is 0 Å². The summed E-state index contributed by atoms with van der Waals surface area (Å²) >= 11 is 0. The molecule has 1 saturated heterocycles. The summed E-state index contributed by atoms with van der Waals surface area (Å²) in [7, 11) is 0. The SMILES string of the molecule is CC1=CC[C@H](/C=C(\C)O)[C@@H]1C=[N+]1CCC[C@H]1C. The summed E-state index contributed by atoms with van der Waals surface area (Å²) in [5, 5.41) is 9.44. The number of nitrogens with zero attached hydrogens (tertiary/aromatic N) is 1. The van der Waals surface area contributed by atoms with Crippen molar-refractivity contribution in [2.45, 2.75) is 46.1 Å². The van der Waals surface area contributed by atoms with E-state index >= 15 is 0 Å². The highest BCUT2D eigenvalue weighted by molar-refractivity contribution is 5.62. The molecule has 1 aliphatic carbocycles. The lowest BCUT2D eigenvalue weighted by atomic mass is 9.92. The molecule has 2 rings (SSSR count). The van der Waals surface area contributed by atoms with Gasteiger partial charge in [0, 0.05) is 12.8 Å². The van der Waals surface area contributed by atoms with Gasteiger partial charge in [-0.2, -0.15) is 0 Å². The van der Waals surface area contributed by atoms with Gasteiger partial charge in [0.25, 0.3) is 0 Å². The number of hydrogen-bond acceptors (Lipinski definition) is 1. The summed E-state index contributed by atoms with van der Waals surface area (Å²) in [6.07, 6.45) is 10.4. The lowest BCUT2D eigenvalue weighted by Crippen LogP contribution is -2.23. The zero-order valence-corrected chi connectivity index (χ0v) is 11.2. The molecule has 2 aliphatic rings. The van der Waals surface area contributed by atoms with Crippen molar-refractivity contribution in [3.63, 3.8) is 0 Å². The Hall–Kier alpha value is -1.05. The molecule has 0 unspecified atom stereocenters. The molecule has 1 fully saturated rings. The van der Waals surface area contributed by atoms with Crippen molar-refractivity contribution < 1.29 is 9.68 Å². The van der Waals surface area contributed by atoms with Crippen LogP contribution in [0.15, 0.2) is 23.5 Å². The van der Waals surface area contributed by atoms with Gasteiger partial charge in [0.15, 0.2) is 0 Å². The van der Waals surface area contributed by atoms with Crippen LogP contribution in [0.25, 0.3) is 0 Å². The van der Waals surface area contributed by atoms with Crippen LogP contribution in [0.2, 0.25) is 0 Å². The van der Waals surface area contributed by atoms with Crippen LogP contribution in [0.3, 0.4) is 0 Å². The zero-order valence-electron chi connectivity index (χ0n) is 11.2. The van der Waals surface area contributed by atoms with Crippen LogP contribution in [0.1, 0.15) is 40.0 Å². The summed E-state index contributed by atoms with van der Waals surface area (Å²) in [6.45, 7) is 7.48. The van der Waals surface area contributed by atoms with Crippen LogP contribution < -0.4 is 0 Å². The minimum Gasteiger partial charge on any atom is -0.513 e.